The van der Waals surface area contributed by atoms with Gasteiger partial charge in [-0.2, -0.15) is 5.10 Å². The zero-order chi connectivity index (χ0) is 35.7. The Kier molecular flexibility index (Phi) is 9.73. The minimum atomic E-state index is -0.668. The molecule has 5 aromatic rings. The first-order valence-corrected chi connectivity index (χ1v) is 16.5. The Hall–Kier alpha value is -5.13. The predicted molar refractivity (Wildman–Crippen MR) is 191 cm³/mol. The maximum Gasteiger partial charge on any atom is 0.410 e. The Labute approximate surface area is 295 Å². The van der Waals surface area contributed by atoms with E-state index in [4.69, 9.17) is 35.5 Å². The van der Waals surface area contributed by atoms with Crippen LogP contribution in [0.4, 0.5) is 4.79 Å². The van der Waals surface area contributed by atoms with Gasteiger partial charge in [-0.1, -0.05) is 41.9 Å². The average molecular weight is 699 g/mol. The molecule has 0 radical (unpaired) electrons. The molecular weight excluding hydrogens is 660 g/mol. The van der Waals surface area contributed by atoms with Gasteiger partial charge < -0.3 is 29.0 Å². The molecule has 260 valence electrons. The zero-order valence-electron chi connectivity index (χ0n) is 28.8. The lowest BCUT2D eigenvalue weighted by Crippen LogP contribution is -2.50. The van der Waals surface area contributed by atoms with E-state index in [1.807, 2.05) is 69.3 Å². The number of carbonyl (C=O) groups excluding carboxylic acids is 2. The van der Waals surface area contributed by atoms with Gasteiger partial charge in [0.05, 0.1) is 67.7 Å². The van der Waals surface area contributed by atoms with E-state index in [0.717, 1.165) is 22.0 Å². The zero-order valence-corrected chi connectivity index (χ0v) is 29.5. The van der Waals surface area contributed by atoms with E-state index < -0.39 is 17.8 Å². The van der Waals surface area contributed by atoms with Crippen molar-refractivity contribution in [1.82, 2.24) is 19.7 Å². The van der Waals surface area contributed by atoms with Crippen molar-refractivity contribution >= 4 is 34.9 Å². The molecule has 1 amide bonds. The molecule has 2 heterocycles. The summed E-state index contributed by atoms with van der Waals surface area (Å²) < 4.78 is 24.1. The van der Waals surface area contributed by atoms with Crippen LogP contribution in [0.3, 0.4) is 0 Å². The van der Waals surface area contributed by atoms with Crippen molar-refractivity contribution in [2.75, 3.05) is 21.3 Å². The topological polar surface area (TPSA) is 125 Å². The molecule has 0 spiro atoms. The van der Waals surface area contributed by atoms with Gasteiger partial charge in [0, 0.05) is 40.3 Å². The molecule has 3 aromatic carbocycles. The molecule has 1 aliphatic carbocycles. The van der Waals surface area contributed by atoms with Crippen molar-refractivity contribution in [2.45, 2.75) is 57.9 Å². The van der Waals surface area contributed by atoms with Crippen LogP contribution in [0.15, 0.2) is 66.9 Å². The third-order valence-electron chi connectivity index (χ3n) is 8.70. The molecule has 12 heteroatoms. The summed E-state index contributed by atoms with van der Waals surface area (Å²) in [6.45, 7) is 5.67. The van der Waals surface area contributed by atoms with Crippen LogP contribution < -0.4 is 14.2 Å². The van der Waals surface area contributed by atoms with Gasteiger partial charge in [0.1, 0.15) is 17.1 Å². The highest BCUT2D eigenvalue weighted by Crippen LogP contribution is 2.41. The number of carbonyl (C=O) groups is 2. The molecule has 0 atom stereocenters. The van der Waals surface area contributed by atoms with E-state index in [2.05, 4.69) is 5.10 Å². The van der Waals surface area contributed by atoms with Crippen LogP contribution >= 0.6 is 11.6 Å². The first-order chi connectivity index (χ1) is 24.0. The van der Waals surface area contributed by atoms with Crippen molar-refractivity contribution < 1.29 is 33.6 Å². The molecule has 1 aliphatic rings. The summed E-state index contributed by atoms with van der Waals surface area (Å²) in [5.41, 5.74) is 4.75. The second-order valence-electron chi connectivity index (χ2n) is 13.1. The van der Waals surface area contributed by atoms with Gasteiger partial charge in [-0.05, 0) is 57.4 Å². The molecule has 0 bridgehead atoms. The van der Waals surface area contributed by atoms with E-state index >= 15 is 0 Å². The molecule has 1 N–H and O–H groups in total. The van der Waals surface area contributed by atoms with Crippen molar-refractivity contribution in [3.63, 3.8) is 0 Å². The van der Waals surface area contributed by atoms with Crippen molar-refractivity contribution in [2.24, 2.45) is 0 Å². The fourth-order valence-electron chi connectivity index (χ4n) is 6.17. The summed E-state index contributed by atoms with van der Waals surface area (Å²) in [6.07, 6.45) is 2.54. The molecule has 0 unspecified atom stereocenters. The maximum absolute atomic E-state index is 13.2. The molecule has 6 rings (SSSR count). The first kappa shape index (κ1) is 34.7. The number of aliphatic hydroxyl groups excluding tert-OH is 1. The average Bonchev–Trinajstić information content (AvgIpc) is 3.52. The van der Waals surface area contributed by atoms with E-state index in [1.54, 1.807) is 27.9 Å². The largest absolute Gasteiger partial charge is 0.496 e. The van der Waals surface area contributed by atoms with Crippen LogP contribution in [0.5, 0.6) is 17.4 Å². The lowest BCUT2D eigenvalue weighted by molar-refractivity contribution is -0.0271. The molecule has 1 saturated carbocycles. The van der Waals surface area contributed by atoms with Crippen LogP contribution in [-0.4, -0.2) is 76.2 Å². The van der Waals surface area contributed by atoms with Gasteiger partial charge in [0.2, 0.25) is 5.88 Å². The summed E-state index contributed by atoms with van der Waals surface area (Å²) in [5.74, 6) is 1.10. The fraction of sp³-hybridized carbons (Fsp3) is 0.316. The number of aldehydes is 1. The molecule has 11 nitrogen and oxygen atoms in total. The smallest absolute Gasteiger partial charge is 0.410 e. The van der Waals surface area contributed by atoms with E-state index in [9.17, 15) is 14.7 Å². The summed E-state index contributed by atoms with van der Waals surface area (Å²) in [7, 11) is 4.53. The summed E-state index contributed by atoms with van der Waals surface area (Å²) in [5, 5.41) is 16.0. The van der Waals surface area contributed by atoms with E-state index in [1.165, 1.54) is 21.3 Å². The number of fused-ring (bicyclic) bond motifs is 1. The third kappa shape index (κ3) is 6.71. The lowest BCUT2D eigenvalue weighted by atomic mass is 9.88. The minimum absolute atomic E-state index is 0.151. The summed E-state index contributed by atoms with van der Waals surface area (Å²) >= 11 is 7.15. The fourth-order valence-corrected chi connectivity index (χ4v) is 6.49. The number of benzene rings is 3. The second-order valence-corrected chi connectivity index (χ2v) is 13.5. The Morgan fingerprint density at radius 2 is 1.64 bits per heavy atom. The number of aromatic nitrogens is 3. The normalized spacial score (nSPS) is 15.7. The first-order valence-electron chi connectivity index (χ1n) is 16.2. The minimum Gasteiger partial charge on any atom is -0.496 e. The lowest BCUT2D eigenvalue weighted by Gasteiger charge is -2.41. The van der Waals surface area contributed by atoms with Gasteiger partial charge in [-0.15, -0.1) is 0 Å². The Balaban J connectivity index is 1.35. The van der Waals surface area contributed by atoms with Gasteiger partial charge in [-0.25, -0.2) is 14.5 Å². The highest BCUT2D eigenvalue weighted by molar-refractivity contribution is 6.36. The molecule has 0 aliphatic heterocycles. The number of hydrogen-bond donors (Lipinski definition) is 1. The van der Waals surface area contributed by atoms with Crippen molar-refractivity contribution in [3.8, 4) is 45.5 Å². The number of methoxy groups -OCH3 is 3. The maximum atomic E-state index is 13.2. The highest BCUT2D eigenvalue weighted by atomic mass is 35.5. The van der Waals surface area contributed by atoms with Gasteiger partial charge in [-0.3, -0.25) is 4.79 Å². The van der Waals surface area contributed by atoms with Crippen molar-refractivity contribution in [3.05, 3.63) is 83.0 Å². The van der Waals surface area contributed by atoms with Crippen LogP contribution in [-0.2, 0) is 11.3 Å². The second kappa shape index (κ2) is 14.0. The Morgan fingerprint density at radius 1 is 0.980 bits per heavy atom. The monoisotopic (exact) mass is 698 g/mol. The SMILES string of the molecule is COc1cc(-n2ncc3c(-c4cccc(-c5ccc(CN(C(=O)OC(C)(C)C)[C@H]6C[C@@H](O)C6)c(OC)n5)c4Cl)cccc32)cc(OC)c1C=O. The number of pyridine rings is 1. The summed E-state index contributed by atoms with van der Waals surface area (Å²) in [4.78, 5) is 31.3. The van der Waals surface area contributed by atoms with Crippen LogP contribution in [0, 0.1) is 0 Å². The van der Waals surface area contributed by atoms with Gasteiger partial charge in [0.25, 0.3) is 0 Å². The van der Waals surface area contributed by atoms with Gasteiger partial charge >= 0.3 is 6.09 Å². The number of halogens is 1. The van der Waals surface area contributed by atoms with Crippen molar-refractivity contribution in [1.29, 1.82) is 0 Å². The Bertz CT molecular complexity index is 2040. The summed E-state index contributed by atoms with van der Waals surface area (Å²) in [6, 6.07) is 18.7. The predicted octanol–water partition coefficient (Wildman–Crippen LogP) is 7.51. The van der Waals surface area contributed by atoms with Crippen LogP contribution in [0.1, 0.15) is 49.5 Å². The quantitative estimate of drug-likeness (QED) is 0.148. The molecular formula is C38H39ClN4O7. The number of amides is 1. The van der Waals surface area contributed by atoms with Crippen LogP contribution in [0.25, 0.3) is 39.0 Å². The Morgan fingerprint density at radius 3 is 2.26 bits per heavy atom. The van der Waals surface area contributed by atoms with Crippen LogP contribution in [0.2, 0.25) is 5.02 Å². The number of rotatable bonds is 10. The number of hydrogen-bond acceptors (Lipinski definition) is 9. The standard InChI is InChI=1S/C38H39ClN4O7/c1-38(2,3)50-37(46)42(23-15-25(45)16-23)20-22-13-14-31(41-36(22)49-6)28-11-7-10-27(35(28)39)26-9-8-12-32-29(26)19-40-43(32)24-17-33(47-4)30(21-44)34(18-24)48-5/h7-14,17-19,21,23,25,45H,15-16,20H2,1-6H3/t23-,25+. The third-order valence-corrected chi connectivity index (χ3v) is 9.11. The number of aliphatic hydroxyl groups is 1. The number of ether oxygens (including phenoxy) is 4. The molecule has 2 aromatic heterocycles. The number of nitrogens with zero attached hydrogens (tertiary/aromatic N) is 4. The molecule has 1 fully saturated rings. The van der Waals surface area contributed by atoms with E-state index in [0.29, 0.717) is 69.6 Å². The molecule has 50 heavy (non-hydrogen) atoms. The highest BCUT2D eigenvalue weighted by Gasteiger charge is 2.37. The molecule has 0 saturated heterocycles. The van der Waals surface area contributed by atoms with Gasteiger partial charge in [0.15, 0.2) is 6.29 Å². The van der Waals surface area contributed by atoms with E-state index in [-0.39, 0.29) is 12.6 Å².